The number of amides is 2. The summed E-state index contributed by atoms with van der Waals surface area (Å²) in [6, 6.07) is 8.06. The van der Waals surface area contributed by atoms with E-state index in [0.29, 0.717) is 38.8 Å². The zero-order valence-electron chi connectivity index (χ0n) is 15.3. The molecule has 2 heterocycles. The molecule has 1 aromatic rings. The topological polar surface area (TPSA) is 68.3 Å². The van der Waals surface area contributed by atoms with Crippen LogP contribution in [0, 0.1) is 0 Å². The van der Waals surface area contributed by atoms with Gasteiger partial charge >= 0.3 is 12.2 Å². The van der Waals surface area contributed by atoms with Crippen LogP contribution in [0.4, 0.5) is 15.3 Å². The number of carbonyl (C=O) groups excluding carboxylic acids is 2. The SMILES string of the molecule is CCOC(=O)N1CCC(c2ccc(N3CC(COC)OC3=O)cc2)CC1. The van der Waals surface area contributed by atoms with Crippen LogP contribution in [-0.4, -0.2) is 63.1 Å². The first-order valence-corrected chi connectivity index (χ1v) is 9.11. The predicted octanol–water partition coefficient (Wildman–Crippen LogP) is 2.99. The van der Waals surface area contributed by atoms with Crippen LogP contribution < -0.4 is 4.90 Å². The summed E-state index contributed by atoms with van der Waals surface area (Å²) in [6.45, 7) is 4.55. The van der Waals surface area contributed by atoms with E-state index in [1.807, 2.05) is 19.1 Å². The van der Waals surface area contributed by atoms with E-state index >= 15 is 0 Å². The van der Waals surface area contributed by atoms with Crippen molar-refractivity contribution >= 4 is 17.9 Å². The molecular weight excluding hydrogens is 336 g/mol. The van der Waals surface area contributed by atoms with Gasteiger partial charge in [-0.3, -0.25) is 4.90 Å². The second-order valence-corrected chi connectivity index (χ2v) is 6.62. The fourth-order valence-corrected chi connectivity index (χ4v) is 3.54. The molecule has 2 aliphatic heterocycles. The third-order valence-corrected chi connectivity index (χ3v) is 4.92. The molecule has 3 rings (SSSR count). The minimum atomic E-state index is -0.331. The van der Waals surface area contributed by atoms with Crippen molar-refractivity contribution in [2.45, 2.75) is 31.8 Å². The van der Waals surface area contributed by atoms with Gasteiger partial charge in [0.05, 0.1) is 19.8 Å². The molecule has 26 heavy (non-hydrogen) atoms. The highest BCUT2D eigenvalue weighted by molar-refractivity contribution is 5.89. The van der Waals surface area contributed by atoms with Gasteiger partial charge in [0.2, 0.25) is 0 Å². The highest BCUT2D eigenvalue weighted by Crippen LogP contribution is 2.30. The first-order chi connectivity index (χ1) is 12.6. The lowest BCUT2D eigenvalue weighted by molar-refractivity contribution is 0.0718. The summed E-state index contributed by atoms with van der Waals surface area (Å²) >= 11 is 0. The van der Waals surface area contributed by atoms with Crippen molar-refractivity contribution in [3.8, 4) is 0 Å². The summed E-state index contributed by atoms with van der Waals surface area (Å²) in [5.74, 6) is 0.418. The number of methoxy groups -OCH3 is 1. The Morgan fingerprint density at radius 2 is 1.92 bits per heavy atom. The lowest BCUT2D eigenvalue weighted by Crippen LogP contribution is -2.38. The Hall–Kier alpha value is -2.28. The Kier molecular flexibility index (Phi) is 5.98. The average Bonchev–Trinajstić information content (AvgIpc) is 3.03. The predicted molar refractivity (Wildman–Crippen MR) is 96.5 cm³/mol. The number of benzene rings is 1. The summed E-state index contributed by atoms with van der Waals surface area (Å²) in [5, 5.41) is 0. The average molecular weight is 362 g/mol. The quantitative estimate of drug-likeness (QED) is 0.805. The molecule has 1 atom stereocenters. The molecule has 1 unspecified atom stereocenters. The number of anilines is 1. The van der Waals surface area contributed by atoms with Crippen LogP contribution in [0.15, 0.2) is 24.3 Å². The van der Waals surface area contributed by atoms with Gasteiger partial charge in [-0.2, -0.15) is 0 Å². The number of piperidine rings is 1. The second kappa shape index (κ2) is 8.40. The summed E-state index contributed by atoms with van der Waals surface area (Å²) in [7, 11) is 1.60. The number of hydrogen-bond acceptors (Lipinski definition) is 5. The molecule has 0 spiro atoms. The minimum Gasteiger partial charge on any atom is -0.450 e. The summed E-state index contributed by atoms with van der Waals surface area (Å²) in [4.78, 5) is 27.2. The molecule has 0 aliphatic carbocycles. The maximum atomic E-state index is 12.0. The number of nitrogens with zero attached hydrogens (tertiary/aromatic N) is 2. The molecule has 1 aromatic carbocycles. The number of ether oxygens (including phenoxy) is 3. The minimum absolute atomic E-state index is 0.223. The van der Waals surface area contributed by atoms with E-state index in [2.05, 4.69) is 12.1 Å². The number of rotatable bonds is 5. The van der Waals surface area contributed by atoms with Crippen LogP contribution in [0.25, 0.3) is 0 Å². The Labute approximate surface area is 153 Å². The van der Waals surface area contributed by atoms with Crippen molar-refractivity contribution < 1.29 is 23.8 Å². The van der Waals surface area contributed by atoms with Crippen molar-refractivity contribution in [3.63, 3.8) is 0 Å². The fraction of sp³-hybridized carbons (Fsp3) is 0.579. The maximum absolute atomic E-state index is 12.0. The summed E-state index contributed by atoms with van der Waals surface area (Å²) < 4.78 is 15.4. The molecule has 2 amide bonds. The first-order valence-electron chi connectivity index (χ1n) is 9.11. The fourth-order valence-electron chi connectivity index (χ4n) is 3.54. The van der Waals surface area contributed by atoms with E-state index in [1.165, 1.54) is 5.56 Å². The van der Waals surface area contributed by atoms with Gasteiger partial charge in [0.15, 0.2) is 0 Å². The van der Waals surface area contributed by atoms with Crippen LogP contribution >= 0.6 is 0 Å². The van der Waals surface area contributed by atoms with E-state index in [4.69, 9.17) is 14.2 Å². The Morgan fingerprint density at radius 1 is 1.23 bits per heavy atom. The van der Waals surface area contributed by atoms with Crippen LogP contribution in [0.3, 0.4) is 0 Å². The largest absolute Gasteiger partial charge is 0.450 e. The van der Waals surface area contributed by atoms with Crippen molar-refractivity contribution in [2.24, 2.45) is 0 Å². The van der Waals surface area contributed by atoms with E-state index in [0.717, 1.165) is 18.5 Å². The third kappa shape index (κ3) is 4.09. The molecule has 0 saturated carbocycles. The zero-order chi connectivity index (χ0) is 18.5. The molecule has 2 saturated heterocycles. The molecule has 7 nitrogen and oxygen atoms in total. The van der Waals surface area contributed by atoms with Gasteiger partial charge in [-0.1, -0.05) is 12.1 Å². The first kappa shape index (κ1) is 18.5. The number of likely N-dealkylation sites (tertiary alicyclic amines) is 1. The van der Waals surface area contributed by atoms with Crippen LogP contribution in [0.1, 0.15) is 31.2 Å². The van der Waals surface area contributed by atoms with Gasteiger partial charge in [-0.25, -0.2) is 9.59 Å². The van der Waals surface area contributed by atoms with E-state index in [-0.39, 0.29) is 18.3 Å². The van der Waals surface area contributed by atoms with Crippen molar-refractivity contribution in [2.75, 3.05) is 44.9 Å². The summed E-state index contributed by atoms with van der Waals surface area (Å²) in [5.41, 5.74) is 2.07. The zero-order valence-corrected chi connectivity index (χ0v) is 15.3. The Bertz CT molecular complexity index is 625. The summed E-state index contributed by atoms with van der Waals surface area (Å²) in [6.07, 6.45) is 1.06. The Balaban J connectivity index is 1.57. The normalized spacial score (nSPS) is 21.0. The molecule has 0 aromatic heterocycles. The van der Waals surface area contributed by atoms with Crippen molar-refractivity contribution in [1.29, 1.82) is 0 Å². The smallest absolute Gasteiger partial charge is 0.414 e. The van der Waals surface area contributed by atoms with Gasteiger partial charge in [0.1, 0.15) is 6.10 Å². The highest BCUT2D eigenvalue weighted by atomic mass is 16.6. The third-order valence-electron chi connectivity index (χ3n) is 4.92. The molecular formula is C19H26N2O5. The van der Waals surface area contributed by atoms with E-state index < -0.39 is 0 Å². The standard InChI is InChI=1S/C19H26N2O5/c1-3-25-18(22)20-10-8-15(9-11-20)14-4-6-16(7-5-14)21-12-17(13-24-2)26-19(21)23/h4-7,15,17H,3,8-13H2,1-2H3. The van der Waals surface area contributed by atoms with Gasteiger partial charge in [0, 0.05) is 25.9 Å². The molecule has 0 N–H and O–H groups in total. The van der Waals surface area contributed by atoms with Gasteiger partial charge < -0.3 is 19.1 Å². The highest BCUT2D eigenvalue weighted by Gasteiger charge is 2.32. The van der Waals surface area contributed by atoms with Gasteiger partial charge in [0.25, 0.3) is 0 Å². The van der Waals surface area contributed by atoms with Gasteiger partial charge in [-0.15, -0.1) is 0 Å². The lowest BCUT2D eigenvalue weighted by atomic mass is 9.89. The van der Waals surface area contributed by atoms with E-state index in [1.54, 1.807) is 16.9 Å². The maximum Gasteiger partial charge on any atom is 0.414 e. The molecule has 2 aliphatic rings. The number of cyclic esters (lactones) is 1. The monoisotopic (exact) mass is 362 g/mol. The second-order valence-electron chi connectivity index (χ2n) is 6.62. The van der Waals surface area contributed by atoms with Crippen molar-refractivity contribution in [1.82, 2.24) is 4.90 Å². The van der Waals surface area contributed by atoms with Crippen LogP contribution in [-0.2, 0) is 14.2 Å². The number of hydrogen-bond donors (Lipinski definition) is 0. The molecule has 0 radical (unpaired) electrons. The molecule has 142 valence electrons. The molecule has 7 heteroatoms. The van der Waals surface area contributed by atoms with Crippen LogP contribution in [0.5, 0.6) is 0 Å². The number of carbonyl (C=O) groups is 2. The lowest BCUT2D eigenvalue weighted by Gasteiger charge is -2.31. The van der Waals surface area contributed by atoms with Gasteiger partial charge in [-0.05, 0) is 43.4 Å². The van der Waals surface area contributed by atoms with E-state index in [9.17, 15) is 9.59 Å². The molecule has 0 bridgehead atoms. The van der Waals surface area contributed by atoms with Crippen molar-refractivity contribution in [3.05, 3.63) is 29.8 Å². The molecule has 2 fully saturated rings. The van der Waals surface area contributed by atoms with Crippen LogP contribution in [0.2, 0.25) is 0 Å². The Morgan fingerprint density at radius 3 is 2.54 bits per heavy atom.